The molecule has 0 radical (unpaired) electrons. The van der Waals surface area contributed by atoms with Crippen LogP contribution in [0.1, 0.15) is 13.8 Å². The van der Waals surface area contributed by atoms with Crippen molar-refractivity contribution in [3.05, 3.63) is 24.3 Å². The molecule has 128 valence electrons. The molecule has 23 heavy (non-hydrogen) atoms. The van der Waals surface area contributed by atoms with Gasteiger partial charge in [-0.2, -0.15) is 4.31 Å². The highest BCUT2D eigenvalue weighted by Crippen LogP contribution is 2.21. The topological polar surface area (TPSA) is 84.9 Å². The van der Waals surface area contributed by atoms with E-state index in [-0.39, 0.29) is 10.8 Å². The summed E-state index contributed by atoms with van der Waals surface area (Å²) in [6, 6.07) is 6.10. The predicted octanol–water partition coefficient (Wildman–Crippen LogP) is 0.611. The number of rotatable bonds is 6. The van der Waals surface area contributed by atoms with Crippen molar-refractivity contribution in [3.8, 4) is 5.75 Å². The maximum absolute atomic E-state index is 12.5. The van der Waals surface area contributed by atoms with Crippen LogP contribution in [0.15, 0.2) is 29.2 Å². The molecule has 7 nitrogen and oxygen atoms in total. The van der Waals surface area contributed by atoms with Crippen LogP contribution in [-0.4, -0.2) is 57.6 Å². The van der Waals surface area contributed by atoms with Gasteiger partial charge >= 0.3 is 0 Å². The summed E-state index contributed by atoms with van der Waals surface area (Å²) in [5.41, 5.74) is 0. The number of likely N-dealkylation sites (N-methyl/N-ethyl adjacent to an activating group) is 1. The highest BCUT2D eigenvalue weighted by Gasteiger charge is 2.26. The molecule has 0 aliphatic carbocycles. The van der Waals surface area contributed by atoms with Gasteiger partial charge in [0.15, 0.2) is 6.10 Å². The van der Waals surface area contributed by atoms with Crippen LogP contribution in [-0.2, 0) is 19.6 Å². The molecule has 1 aliphatic rings. The van der Waals surface area contributed by atoms with E-state index in [0.717, 1.165) is 0 Å². The molecule has 1 aromatic rings. The van der Waals surface area contributed by atoms with E-state index < -0.39 is 16.1 Å². The third-order valence-corrected chi connectivity index (χ3v) is 5.38. The number of sulfonamides is 1. The van der Waals surface area contributed by atoms with Crippen LogP contribution in [0.5, 0.6) is 5.75 Å². The lowest BCUT2D eigenvalue weighted by atomic mass is 10.3. The zero-order valence-corrected chi connectivity index (χ0v) is 14.1. The van der Waals surface area contributed by atoms with E-state index in [4.69, 9.17) is 9.47 Å². The molecule has 1 fully saturated rings. The molecular formula is C15H22N2O5S. The second kappa shape index (κ2) is 7.76. The van der Waals surface area contributed by atoms with Gasteiger partial charge in [-0.05, 0) is 38.1 Å². The summed E-state index contributed by atoms with van der Waals surface area (Å²) in [6.45, 7) is 5.53. The summed E-state index contributed by atoms with van der Waals surface area (Å²) in [6.07, 6.45) is -0.642. The maximum Gasteiger partial charge on any atom is 0.260 e. The number of morpholine rings is 1. The average Bonchev–Trinajstić information content (AvgIpc) is 2.56. The molecule has 1 aromatic carbocycles. The molecule has 1 heterocycles. The molecule has 0 spiro atoms. The van der Waals surface area contributed by atoms with Crippen molar-refractivity contribution in [1.82, 2.24) is 9.62 Å². The van der Waals surface area contributed by atoms with E-state index in [2.05, 4.69) is 5.32 Å². The number of hydrogen-bond acceptors (Lipinski definition) is 5. The van der Waals surface area contributed by atoms with Gasteiger partial charge < -0.3 is 14.8 Å². The van der Waals surface area contributed by atoms with E-state index in [1.807, 2.05) is 6.92 Å². The van der Waals surface area contributed by atoms with Gasteiger partial charge in [-0.15, -0.1) is 0 Å². The Morgan fingerprint density at radius 2 is 1.91 bits per heavy atom. The quantitative estimate of drug-likeness (QED) is 0.819. The van der Waals surface area contributed by atoms with Crippen molar-refractivity contribution in [2.75, 3.05) is 32.8 Å². The number of amides is 1. The Hall–Kier alpha value is -1.64. The normalized spacial score (nSPS) is 17.5. The van der Waals surface area contributed by atoms with Crippen molar-refractivity contribution in [3.63, 3.8) is 0 Å². The van der Waals surface area contributed by atoms with E-state index in [0.29, 0.717) is 38.6 Å². The molecule has 1 amide bonds. The Labute approximate surface area is 136 Å². The monoisotopic (exact) mass is 342 g/mol. The van der Waals surface area contributed by atoms with Gasteiger partial charge in [-0.25, -0.2) is 8.42 Å². The Morgan fingerprint density at radius 3 is 2.48 bits per heavy atom. The average molecular weight is 342 g/mol. The van der Waals surface area contributed by atoms with Gasteiger partial charge in [0.05, 0.1) is 18.1 Å². The second-order valence-electron chi connectivity index (χ2n) is 5.14. The molecule has 0 unspecified atom stereocenters. The lowest BCUT2D eigenvalue weighted by Gasteiger charge is -2.26. The highest BCUT2D eigenvalue weighted by atomic mass is 32.2. The smallest absolute Gasteiger partial charge is 0.260 e. The number of benzene rings is 1. The van der Waals surface area contributed by atoms with Crippen LogP contribution < -0.4 is 10.1 Å². The van der Waals surface area contributed by atoms with Gasteiger partial charge in [0.25, 0.3) is 5.91 Å². The first-order chi connectivity index (χ1) is 10.9. The molecule has 1 aliphatic heterocycles. The minimum Gasteiger partial charge on any atom is -0.481 e. The van der Waals surface area contributed by atoms with Gasteiger partial charge in [-0.3, -0.25) is 4.79 Å². The minimum absolute atomic E-state index is 0.206. The fraction of sp³-hybridized carbons (Fsp3) is 0.533. The Kier molecular flexibility index (Phi) is 5.97. The van der Waals surface area contributed by atoms with Gasteiger partial charge in [0.2, 0.25) is 10.0 Å². The Morgan fingerprint density at radius 1 is 1.30 bits per heavy atom. The minimum atomic E-state index is -3.51. The SMILES string of the molecule is CCNC(=O)[C@@H](C)Oc1ccc(S(=O)(=O)N2CCOCC2)cc1. The van der Waals surface area contributed by atoms with Gasteiger partial charge in [-0.1, -0.05) is 0 Å². The van der Waals surface area contributed by atoms with Crippen LogP contribution in [0.25, 0.3) is 0 Å². The van der Waals surface area contributed by atoms with E-state index in [1.54, 1.807) is 19.1 Å². The summed E-state index contributed by atoms with van der Waals surface area (Å²) in [7, 11) is -3.51. The molecule has 0 saturated carbocycles. The molecule has 8 heteroatoms. The van der Waals surface area contributed by atoms with E-state index >= 15 is 0 Å². The van der Waals surface area contributed by atoms with Crippen molar-refractivity contribution < 1.29 is 22.7 Å². The summed E-state index contributed by atoms with van der Waals surface area (Å²) in [5.74, 6) is 0.238. The number of hydrogen-bond donors (Lipinski definition) is 1. The zero-order valence-electron chi connectivity index (χ0n) is 13.3. The molecule has 2 rings (SSSR count). The molecule has 1 N–H and O–H groups in total. The first-order valence-electron chi connectivity index (χ1n) is 7.57. The van der Waals surface area contributed by atoms with Gasteiger partial charge in [0, 0.05) is 19.6 Å². The van der Waals surface area contributed by atoms with Crippen molar-refractivity contribution in [2.45, 2.75) is 24.8 Å². The molecule has 0 bridgehead atoms. The molecular weight excluding hydrogens is 320 g/mol. The first-order valence-corrected chi connectivity index (χ1v) is 9.01. The summed E-state index contributed by atoms with van der Waals surface area (Å²) in [4.78, 5) is 11.8. The zero-order chi connectivity index (χ0) is 16.9. The number of nitrogens with zero attached hydrogens (tertiary/aromatic N) is 1. The summed E-state index contributed by atoms with van der Waals surface area (Å²) >= 11 is 0. The molecule has 0 aromatic heterocycles. The maximum atomic E-state index is 12.5. The van der Waals surface area contributed by atoms with Crippen LogP contribution in [0.2, 0.25) is 0 Å². The number of carbonyl (C=O) groups excluding carboxylic acids is 1. The van der Waals surface area contributed by atoms with Crippen LogP contribution in [0.4, 0.5) is 0 Å². The predicted molar refractivity (Wildman–Crippen MR) is 84.8 cm³/mol. The summed E-state index contributed by atoms with van der Waals surface area (Å²) in [5, 5.41) is 2.67. The molecule has 1 atom stereocenters. The fourth-order valence-corrected chi connectivity index (χ4v) is 3.61. The number of nitrogens with one attached hydrogen (secondary N) is 1. The Balaban J connectivity index is 2.05. The van der Waals surface area contributed by atoms with Crippen molar-refractivity contribution >= 4 is 15.9 Å². The third kappa shape index (κ3) is 4.43. The van der Waals surface area contributed by atoms with Crippen LogP contribution in [0, 0.1) is 0 Å². The lowest BCUT2D eigenvalue weighted by molar-refractivity contribution is -0.127. The van der Waals surface area contributed by atoms with Crippen LogP contribution in [0.3, 0.4) is 0 Å². The fourth-order valence-electron chi connectivity index (χ4n) is 2.20. The van der Waals surface area contributed by atoms with E-state index in [1.165, 1.54) is 16.4 Å². The summed E-state index contributed by atoms with van der Waals surface area (Å²) < 4.78 is 37.0. The van der Waals surface area contributed by atoms with Crippen molar-refractivity contribution in [1.29, 1.82) is 0 Å². The second-order valence-corrected chi connectivity index (χ2v) is 7.08. The first kappa shape index (κ1) is 17.7. The lowest BCUT2D eigenvalue weighted by Crippen LogP contribution is -2.40. The van der Waals surface area contributed by atoms with E-state index in [9.17, 15) is 13.2 Å². The third-order valence-electron chi connectivity index (χ3n) is 3.46. The number of ether oxygens (including phenoxy) is 2. The Bertz CT molecular complexity index is 624. The molecule has 1 saturated heterocycles. The van der Waals surface area contributed by atoms with Crippen LogP contribution >= 0.6 is 0 Å². The largest absolute Gasteiger partial charge is 0.481 e. The van der Waals surface area contributed by atoms with Crippen molar-refractivity contribution in [2.24, 2.45) is 0 Å². The number of carbonyl (C=O) groups is 1. The van der Waals surface area contributed by atoms with Gasteiger partial charge in [0.1, 0.15) is 5.75 Å². The highest BCUT2D eigenvalue weighted by molar-refractivity contribution is 7.89. The standard InChI is InChI=1S/C15H22N2O5S/c1-3-16-15(18)12(2)22-13-4-6-14(7-5-13)23(19,20)17-8-10-21-11-9-17/h4-7,12H,3,8-11H2,1-2H3,(H,16,18)/t12-/m1/s1.